The van der Waals surface area contributed by atoms with Crippen LogP contribution in [0.2, 0.25) is 0 Å². The lowest BCUT2D eigenvalue weighted by Crippen LogP contribution is -2.41. The van der Waals surface area contributed by atoms with E-state index in [0.717, 1.165) is 34.7 Å². The quantitative estimate of drug-likeness (QED) is 0.388. The van der Waals surface area contributed by atoms with Gasteiger partial charge in [0.1, 0.15) is 24.5 Å². The number of aliphatic carboxylic acids is 1. The molecule has 9 heteroatoms. The lowest BCUT2D eigenvalue weighted by atomic mass is 9.98. The Morgan fingerprint density at radius 1 is 1.09 bits per heavy atom. The van der Waals surface area contributed by atoms with Gasteiger partial charge in [0.05, 0.1) is 5.70 Å². The molecule has 4 N–H and O–H groups in total. The number of amides is 1. The second-order valence-electron chi connectivity index (χ2n) is 9.01. The molecular formula is C26H29N3O6. The van der Waals surface area contributed by atoms with Crippen LogP contribution in [0.1, 0.15) is 44.2 Å². The molecule has 0 spiro atoms. The van der Waals surface area contributed by atoms with Crippen molar-refractivity contribution in [1.29, 1.82) is 0 Å². The molecule has 0 fully saturated rings. The molecule has 0 saturated carbocycles. The summed E-state index contributed by atoms with van der Waals surface area (Å²) in [7, 11) is 0. The summed E-state index contributed by atoms with van der Waals surface area (Å²) in [4.78, 5) is 39.9. The van der Waals surface area contributed by atoms with E-state index >= 15 is 0 Å². The standard InChI is InChI=1S/C26H29N3O6/c1-26(2,3)35-23(30)14-28-16(13-27)12-22(24(31)32)29-25(33)34-15-21-19-10-6-4-8-17(19)18-9-5-7-11-20(18)21/h4-11,13-14,21-22H,12,15,27H2,1-3H3,(H,29,33)(H,31,32)/b16-13-,28-14+/t22-/m0/s1. The van der Waals surface area contributed by atoms with E-state index in [1.54, 1.807) is 20.8 Å². The zero-order valence-corrected chi connectivity index (χ0v) is 19.9. The van der Waals surface area contributed by atoms with Crippen LogP contribution < -0.4 is 11.1 Å². The molecule has 0 aliphatic heterocycles. The number of nitrogens with two attached hydrogens (primary N) is 1. The fourth-order valence-corrected chi connectivity index (χ4v) is 3.82. The summed E-state index contributed by atoms with van der Waals surface area (Å²) >= 11 is 0. The van der Waals surface area contributed by atoms with Crippen molar-refractivity contribution in [2.75, 3.05) is 6.61 Å². The number of carboxylic acid groups (broad SMARTS) is 1. The van der Waals surface area contributed by atoms with Gasteiger partial charge in [0.2, 0.25) is 0 Å². The molecule has 0 heterocycles. The van der Waals surface area contributed by atoms with Crippen molar-refractivity contribution in [3.63, 3.8) is 0 Å². The smallest absolute Gasteiger partial charge is 0.407 e. The summed E-state index contributed by atoms with van der Waals surface area (Å²) in [5.74, 6) is -2.16. The van der Waals surface area contributed by atoms with Crippen molar-refractivity contribution in [1.82, 2.24) is 5.32 Å². The van der Waals surface area contributed by atoms with Crippen LogP contribution in [0.25, 0.3) is 11.1 Å². The Balaban J connectivity index is 1.62. The van der Waals surface area contributed by atoms with Gasteiger partial charge in [-0.3, -0.25) is 4.99 Å². The van der Waals surface area contributed by atoms with E-state index in [9.17, 15) is 19.5 Å². The van der Waals surface area contributed by atoms with E-state index in [1.807, 2.05) is 48.5 Å². The monoisotopic (exact) mass is 479 g/mol. The Morgan fingerprint density at radius 2 is 1.66 bits per heavy atom. The largest absolute Gasteiger partial charge is 0.480 e. The van der Waals surface area contributed by atoms with E-state index in [1.165, 1.54) is 0 Å². The number of rotatable bonds is 8. The fraction of sp³-hybridized carbons (Fsp3) is 0.308. The van der Waals surface area contributed by atoms with E-state index in [0.29, 0.717) is 0 Å². The van der Waals surface area contributed by atoms with Crippen molar-refractivity contribution < 1.29 is 29.0 Å². The highest BCUT2D eigenvalue weighted by Gasteiger charge is 2.30. The van der Waals surface area contributed by atoms with Gasteiger partial charge < -0.3 is 25.6 Å². The van der Waals surface area contributed by atoms with Crippen LogP contribution in [0.3, 0.4) is 0 Å². The highest BCUT2D eigenvalue weighted by molar-refractivity contribution is 6.23. The Morgan fingerprint density at radius 3 is 2.17 bits per heavy atom. The predicted octanol–water partition coefficient (Wildman–Crippen LogP) is 3.58. The van der Waals surface area contributed by atoms with Crippen LogP contribution in [-0.2, 0) is 19.1 Å². The van der Waals surface area contributed by atoms with Gasteiger partial charge in [-0.2, -0.15) is 0 Å². The number of nitrogens with one attached hydrogen (secondary N) is 1. The van der Waals surface area contributed by atoms with Crippen molar-refractivity contribution in [2.24, 2.45) is 10.7 Å². The van der Waals surface area contributed by atoms with Gasteiger partial charge in [0.25, 0.3) is 0 Å². The number of hydrogen-bond donors (Lipinski definition) is 3. The zero-order chi connectivity index (χ0) is 25.6. The van der Waals surface area contributed by atoms with Crippen LogP contribution >= 0.6 is 0 Å². The molecule has 35 heavy (non-hydrogen) atoms. The van der Waals surface area contributed by atoms with Crippen LogP contribution in [0, 0.1) is 0 Å². The molecule has 0 radical (unpaired) electrons. The number of alkyl carbamates (subject to hydrolysis) is 1. The lowest BCUT2D eigenvalue weighted by Gasteiger charge is -2.18. The fourth-order valence-electron chi connectivity index (χ4n) is 3.82. The van der Waals surface area contributed by atoms with Gasteiger partial charge in [-0.05, 0) is 43.0 Å². The summed E-state index contributed by atoms with van der Waals surface area (Å²) < 4.78 is 10.5. The third-order valence-electron chi connectivity index (χ3n) is 5.28. The average Bonchev–Trinajstić information content (AvgIpc) is 3.12. The summed E-state index contributed by atoms with van der Waals surface area (Å²) in [6.45, 7) is 5.16. The van der Waals surface area contributed by atoms with Crippen LogP contribution in [0.4, 0.5) is 4.79 Å². The topological polar surface area (TPSA) is 140 Å². The number of esters is 1. The number of carbonyl (C=O) groups excluding carboxylic acids is 2. The molecule has 0 bridgehead atoms. The first-order valence-electron chi connectivity index (χ1n) is 11.1. The Kier molecular flexibility index (Phi) is 7.91. The number of aliphatic imine (C=N–C) groups is 1. The van der Waals surface area contributed by atoms with Crippen molar-refractivity contribution in [2.45, 2.75) is 44.8 Å². The maximum Gasteiger partial charge on any atom is 0.407 e. The van der Waals surface area contributed by atoms with Crippen molar-refractivity contribution in [3.8, 4) is 11.1 Å². The van der Waals surface area contributed by atoms with Crippen molar-refractivity contribution in [3.05, 3.63) is 71.6 Å². The number of benzene rings is 2. The first-order valence-corrected chi connectivity index (χ1v) is 11.1. The molecular weight excluding hydrogens is 450 g/mol. The minimum Gasteiger partial charge on any atom is -0.480 e. The van der Waals surface area contributed by atoms with Crippen LogP contribution in [-0.4, -0.2) is 47.6 Å². The molecule has 1 amide bonds. The molecule has 0 unspecified atom stereocenters. The van der Waals surface area contributed by atoms with Gasteiger partial charge in [-0.15, -0.1) is 0 Å². The molecule has 1 atom stereocenters. The minimum atomic E-state index is -1.36. The van der Waals surface area contributed by atoms with Gasteiger partial charge in [0.15, 0.2) is 0 Å². The third kappa shape index (κ3) is 6.69. The van der Waals surface area contributed by atoms with E-state index in [-0.39, 0.29) is 24.6 Å². The molecule has 1 aliphatic carbocycles. The number of carbonyl (C=O) groups is 3. The van der Waals surface area contributed by atoms with Gasteiger partial charge in [-0.25, -0.2) is 14.4 Å². The van der Waals surface area contributed by atoms with Gasteiger partial charge in [0, 0.05) is 18.5 Å². The lowest BCUT2D eigenvalue weighted by molar-refractivity contribution is -0.145. The van der Waals surface area contributed by atoms with Crippen LogP contribution in [0.5, 0.6) is 0 Å². The summed E-state index contributed by atoms with van der Waals surface area (Å²) in [6, 6.07) is 14.4. The number of ether oxygens (including phenoxy) is 2. The highest BCUT2D eigenvalue weighted by Crippen LogP contribution is 2.44. The maximum atomic E-state index is 12.5. The number of carboxylic acids is 1. The summed E-state index contributed by atoms with van der Waals surface area (Å²) in [5, 5.41) is 11.9. The Labute approximate surface area is 203 Å². The normalized spacial score (nSPS) is 14.2. The number of fused-ring (bicyclic) bond motifs is 3. The predicted molar refractivity (Wildman–Crippen MR) is 131 cm³/mol. The minimum absolute atomic E-state index is 0.0442. The Bertz CT molecular complexity index is 1120. The molecule has 184 valence electrons. The van der Waals surface area contributed by atoms with Crippen LogP contribution in [0.15, 0.2) is 65.4 Å². The molecule has 0 aromatic heterocycles. The number of nitrogens with zero attached hydrogens (tertiary/aromatic N) is 1. The SMILES string of the molecule is CC(C)(C)OC(=O)/C=N/C(=C\N)C[C@H](NC(=O)OCC1c2ccccc2-c2ccccc21)C(=O)O. The van der Waals surface area contributed by atoms with Gasteiger partial charge >= 0.3 is 18.0 Å². The zero-order valence-electron chi connectivity index (χ0n) is 19.9. The molecule has 2 aromatic rings. The van der Waals surface area contributed by atoms with Crippen molar-refractivity contribution >= 4 is 24.2 Å². The molecule has 1 aliphatic rings. The first-order chi connectivity index (χ1) is 16.6. The van der Waals surface area contributed by atoms with E-state index < -0.39 is 29.7 Å². The number of hydrogen-bond acceptors (Lipinski definition) is 7. The molecule has 2 aromatic carbocycles. The average molecular weight is 480 g/mol. The van der Waals surface area contributed by atoms with E-state index in [2.05, 4.69) is 10.3 Å². The highest BCUT2D eigenvalue weighted by atomic mass is 16.6. The first kappa shape index (κ1) is 25.5. The molecule has 3 rings (SSSR count). The third-order valence-corrected chi connectivity index (χ3v) is 5.28. The Hall–Kier alpha value is -4.14. The molecule has 0 saturated heterocycles. The summed E-state index contributed by atoms with van der Waals surface area (Å²) in [6.07, 6.45) is 0.841. The maximum absolute atomic E-state index is 12.5. The van der Waals surface area contributed by atoms with E-state index in [4.69, 9.17) is 15.2 Å². The second kappa shape index (κ2) is 10.9. The second-order valence-corrected chi connectivity index (χ2v) is 9.01. The summed E-state index contributed by atoms with van der Waals surface area (Å²) in [5.41, 5.74) is 9.17. The molecule has 9 nitrogen and oxygen atoms in total. The van der Waals surface area contributed by atoms with Gasteiger partial charge in [-0.1, -0.05) is 48.5 Å².